The molecule has 1 N–H and O–H groups in total. The number of alkyl halides is 3. The Morgan fingerprint density at radius 2 is 1.69 bits per heavy atom. The Bertz CT molecular complexity index is 746. The van der Waals surface area contributed by atoms with Crippen LogP contribution in [-0.4, -0.2) is 28.8 Å². The molecule has 1 aliphatic heterocycles. The average molecular weight is 365 g/mol. The zero-order valence-electron chi connectivity index (χ0n) is 14.0. The molecule has 5 nitrogen and oxygen atoms in total. The van der Waals surface area contributed by atoms with Crippen molar-refractivity contribution in [2.24, 2.45) is 0 Å². The summed E-state index contributed by atoms with van der Waals surface area (Å²) in [5.41, 5.74) is -1.04. The summed E-state index contributed by atoms with van der Waals surface area (Å²) in [6.07, 6.45) is -1.47. The van der Waals surface area contributed by atoms with Gasteiger partial charge >= 0.3 is 6.18 Å². The van der Waals surface area contributed by atoms with Crippen molar-refractivity contribution in [1.29, 1.82) is 5.26 Å². The molecule has 1 saturated carbocycles. The minimum Gasteiger partial charge on any atom is -0.382 e. The highest BCUT2D eigenvalue weighted by Crippen LogP contribution is 2.34. The van der Waals surface area contributed by atoms with Crippen molar-refractivity contribution in [3.8, 4) is 6.07 Å². The molecule has 1 heterocycles. The molecule has 0 unspecified atom stereocenters. The van der Waals surface area contributed by atoms with Crippen LogP contribution in [0.25, 0.3) is 0 Å². The van der Waals surface area contributed by atoms with E-state index in [1.54, 1.807) is 6.07 Å². The molecule has 2 amide bonds. The minimum atomic E-state index is -4.59. The van der Waals surface area contributed by atoms with E-state index in [2.05, 4.69) is 5.32 Å². The number of halogens is 3. The van der Waals surface area contributed by atoms with Crippen molar-refractivity contribution in [3.05, 3.63) is 29.3 Å². The summed E-state index contributed by atoms with van der Waals surface area (Å²) in [6.45, 7) is 0. The molecule has 8 heteroatoms. The van der Waals surface area contributed by atoms with Gasteiger partial charge in [0.25, 0.3) is 0 Å². The number of carbonyl (C=O) groups excluding carboxylic acids is 2. The Kier molecular flexibility index (Phi) is 4.90. The Balaban J connectivity index is 1.64. The molecule has 2 fully saturated rings. The molecule has 1 aromatic rings. The second-order valence-electron chi connectivity index (χ2n) is 6.68. The van der Waals surface area contributed by atoms with Crippen LogP contribution in [0.15, 0.2) is 18.2 Å². The van der Waals surface area contributed by atoms with Crippen LogP contribution in [0.3, 0.4) is 0 Å². The van der Waals surface area contributed by atoms with E-state index in [0.717, 1.165) is 6.07 Å². The molecular formula is C18H18F3N3O2. The van der Waals surface area contributed by atoms with Gasteiger partial charge in [-0.25, -0.2) is 0 Å². The highest BCUT2D eigenvalue weighted by Gasteiger charge is 2.37. The molecule has 2 aliphatic rings. The third-order valence-electron chi connectivity index (χ3n) is 4.97. The number of benzene rings is 1. The molecular weight excluding hydrogens is 347 g/mol. The molecule has 1 aromatic carbocycles. The van der Waals surface area contributed by atoms with Crippen LogP contribution in [0, 0.1) is 11.3 Å². The number of anilines is 1. The molecule has 0 atom stereocenters. The maximum Gasteiger partial charge on any atom is 0.417 e. The van der Waals surface area contributed by atoms with Gasteiger partial charge in [-0.1, -0.05) is 0 Å². The number of amides is 2. The fourth-order valence-electron chi connectivity index (χ4n) is 3.68. The molecule has 0 aromatic heterocycles. The predicted octanol–water partition coefficient (Wildman–Crippen LogP) is 3.45. The Hall–Kier alpha value is -2.56. The van der Waals surface area contributed by atoms with Crippen molar-refractivity contribution in [3.63, 3.8) is 0 Å². The normalized spacial score (nSPS) is 23.8. The van der Waals surface area contributed by atoms with Crippen molar-refractivity contribution >= 4 is 17.5 Å². The van der Waals surface area contributed by atoms with Gasteiger partial charge in [-0.3, -0.25) is 14.5 Å². The molecule has 26 heavy (non-hydrogen) atoms. The van der Waals surface area contributed by atoms with E-state index < -0.39 is 17.3 Å². The van der Waals surface area contributed by atoms with Gasteiger partial charge in [-0.15, -0.1) is 0 Å². The number of nitrogens with one attached hydrogen (secondary N) is 1. The summed E-state index contributed by atoms with van der Waals surface area (Å²) in [7, 11) is 0. The van der Waals surface area contributed by atoms with Gasteiger partial charge in [0.2, 0.25) is 11.8 Å². The number of imide groups is 1. The lowest BCUT2D eigenvalue weighted by molar-refractivity contribution is -0.142. The quantitative estimate of drug-likeness (QED) is 0.833. The molecule has 138 valence electrons. The fraction of sp³-hybridized carbons (Fsp3) is 0.500. The van der Waals surface area contributed by atoms with Crippen molar-refractivity contribution in [1.82, 2.24) is 4.90 Å². The molecule has 0 radical (unpaired) electrons. The summed E-state index contributed by atoms with van der Waals surface area (Å²) in [6, 6.07) is 5.01. The zero-order valence-corrected chi connectivity index (χ0v) is 14.0. The van der Waals surface area contributed by atoms with E-state index in [1.165, 1.54) is 17.0 Å². The standard InChI is InChI=1S/C18H18F3N3O2/c19-18(20,21)15-9-13(2-1-11(15)10-22)23-12-3-5-14(6-4-12)24-16(25)7-8-17(24)26/h1-2,9,12,14,23H,3-8H2. The summed E-state index contributed by atoms with van der Waals surface area (Å²) in [5.74, 6) is -0.262. The summed E-state index contributed by atoms with van der Waals surface area (Å²) >= 11 is 0. The van der Waals surface area contributed by atoms with Crippen LogP contribution in [-0.2, 0) is 15.8 Å². The Morgan fingerprint density at radius 1 is 1.08 bits per heavy atom. The van der Waals surface area contributed by atoms with Gasteiger partial charge in [0, 0.05) is 30.6 Å². The number of nitriles is 1. The van der Waals surface area contributed by atoms with E-state index in [-0.39, 0.29) is 36.7 Å². The number of hydrogen-bond acceptors (Lipinski definition) is 4. The Labute approximate surface area is 148 Å². The SMILES string of the molecule is N#Cc1ccc(NC2CCC(N3C(=O)CCC3=O)CC2)cc1C(F)(F)F. The lowest BCUT2D eigenvalue weighted by atomic mass is 9.90. The number of rotatable bonds is 3. The van der Waals surface area contributed by atoms with Gasteiger partial charge in [0.1, 0.15) is 0 Å². The van der Waals surface area contributed by atoms with Gasteiger partial charge in [0.05, 0.1) is 17.2 Å². The van der Waals surface area contributed by atoms with Crippen LogP contribution in [0.2, 0.25) is 0 Å². The smallest absolute Gasteiger partial charge is 0.382 e. The van der Waals surface area contributed by atoms with Gasteiger partial charge in [0.15, 0.2) is 0 Å². The van der Waals surface area contributed by atoms with E-state index >= 15 is 0 Å². The second-order valence-corrected chi connectivity index (χ2v) is 6.68. The first-order valence-electron chi connectivity index (χ1n) is 8.52. The number of carbonyl (C=O) groups is 2. The molecule has 1 aliphatic carbocycles. The van der Waals surface area contributed by atoms with E-state index in [4.69, 9.17) is 5.26 Å². The lowest BCUT2D eigenvalue weighted by Crippen LogP contribution is -2.43. The van der Waals surface area contributed by atoms with Gasteiger partial charge in [-0.05, 0) is 43.9 Å². The van der Waals surface area contributed by atoms with E-state index in [0.29, 0.717) is 31.4 Å². The molecule has 0 spiro atoms. The van der Waals surface area contributed by atoms with Crippen molar-refractivity contribution in [2.75, 3.05) is 5.32 Å². The summed E-state index contributed by atoms with van der Waals surface area (Å²) in [4.78, 5) is 25.0. The van der Waals surface area contributed by atoms with Crippen molar-refractivity contribution < 1.29 is 22.8 Å². The molecule has 3 rings (SSSR count). The van der Waals surface area contributed by atoms with Crippen LogP contribution in [0.4, 0.5) is 18.9 Å². The first-order chi connectivity index (χ1) is 12.3. The molecule has 1 saturated heterocycles. The lowest BCUT2D eigenvalue weighted by Gasteiger charge is -2.34. The summed E-state index contributed by atoms with van der Waals surface area (Å²) in [5, 5.41) is 11.9. The third kappa shape index (κ3) is 3.66. The van der Waals surface area contributed by atoms with Crippen LogP contribution >= 0.6 is 0 Å². The highest BCUT2D eigenvalue weighted by atomic mass is 19.4. The second kappa shape index (κ2) is 6.98. The fourth-order valence-corrected chi connectivity index (χ4v) is 3.68. The monoisotopic (exact) mass is 365 g/mol. The summed E-state index contributed by atoms with van der Waals surface area (Å²) < 4.78 is 39.1. The van der Waals surface area contributed by atoms with Crippen LogP contribution < -0.4 is 5.32 Å². The van der Waals surface area contributed by atoms with Gasteiger partial charge in [-0.2, -0.15) is 18.4 Å². The topological polar surface area (TPSA) is 73.2 Å². The largest absolute Gasteiger partial charge is 0.417 e. The van der Waals surface area contributed by atoms with Gasteiger partial charge < -0.3 is 5.32 Å². The van der Waals surface area contributed by atoms with E-state index in [9.17, 15) is 22.8 Å². The first-order valence-corrected chi connectivity index (χ1v) is 8.52. The maximum absolute atomic E-state index is 13.0. The van der Waals surface area contributed by atoms with Crippen LogP contribution in [0.5, 0.6) is 0 Å². The number of nitrogens with zero attached hydrogens (tertiary/aromatic N) is 2. The minimum absolute atomic E-state index is 0.0342. The van der Waals surface area contributed by atoms with Crippen LogP contribution in [0.1, 0.15) is 49.7 Å². The highest BCUT2D eigenvalue weighted by molar-refractivity contribution is 6.02. The first kappa shape index (κ1) is 18.2. The maximum atomic E-state index is 13.0. The third-order valence-corrected chi connectivity index (χ3v) is 4.97. The van der Waals surface area contributed by atoms with Crippen molar-refractivity contribution in [2.45, 2.75) is 56.8 Å². The van der Waals surface area contributed by atoms with E-state index in [1.807, 2.05) is 0 Å². The number of hydrogen-bond donors (Lipinski definition) is 1. The Morgan fingerprint density at radius 3 is 2.23 bits per heavy atom. The predicted molar refractivity (Wildman–Crippen MR) is 86.9 cm³/mol. The number of likely N-dealkylation sites (tertiary alicyclic amines) is 1. The zero-order chi connectivity index (χ0) is 18.9. The average Bonchev–Trinajstić information content (AvgIpc) is 2.93. The molecule has 0 bridgehead atoms.